The van der Waals surface area contributed by atoms with E-state index in [0.717, 1.165) is 16.9 Å². The Morgan fingerprint density at radius 2 is 1.96 bits per heavy atom. The van der Waals surface area contributed by atoms with Crippen LogP contribution in [0.4, 0.5) is 0 Å². The molecule has 1 unspecified atom stereocenters. The van der Waals surface area contributed by atoms with Gasteiger partial charge in [0.1, 0.15) is 5.75 Å². The van der Waals surface area contributed by atoms with Crippen LogP contribution in [0.15, 0.2) is 48.5 Å². The summed E-state index contributed by atoms with van der Waals surface area (Å²) in [5, 5.41) is 5.86. The van der Waals surface area contributed by atoms with Crippen LogP contribution in [0.5, 0.6) is 5.75 Å². The van der Waals surface area contributed by atoms with Crippen LogP contribution in [-0.2, 0) is 11.2 Å². The molecule has 5 nitrogen and oxygen atoms in total. The Hall–Kier alpha value is -2.82. The monoisotopic (exact) mass is 338 g/mol. The van der Waals surface area contributed by atoms with Gasteiger partial charge in [0.2, 0.25) is 5.91 Å². The first kappa shape index (κ1) is 17.0. The average molecular weight is 338 g/mol. The van der Waals surface area contributed by atoms with Gasteiger partial charge >= 0.3 is 0 Å². The predicted molar refractivity (Wildman–Crippen MR) is 95.8 cm³/mol. The second-order valence-electron chi connectivity index (χ2n) is 6.11. The third-order valence-electron chi connectivity index (χ3n) is 4.51. The van der Waals surface area contributed by atoms with Gasteiger partial charge in [-0.15, -0.1) is 0 Å². The van der Waals surface area contributed by atoms with Crippen molar-refractivity contribution in [3.63, 3.8) is 0 Å². The van der Waals surface area contributed by atoms with E-state index in [1.807, 2.05) is 48.5 Å². The highest BCUT2D eigenvalue weighted by atomic mass is 16.5. The molecule has 0 spiro atoms. The molecule has 0 fully saturated rings. The van der Waals surface area contributed by atoms with Crippen molar-refractivity contribution in [1.29, 1.82) is 0 Å². The second-order valence-corrected chi connectivity index (χ2v) is 6.11. The lowest BCUT2D eigenvalue weighted by Gasteiger charge is -2.25. The molecule has 0 aromatic heterocycles. The predicted octanol–water partition coefficient (Wildman–Crippen LogP) is 2.27. The minimum atomic E-state index is -0.0469. The van der Waals surface area contributed by atoms with Crippen molar-refractivity contribution in [1.82, 2.24) is 10.6 Å². The summed E-state index contributed by atoms with van der Waals surface area (Å²) in [6.07, 6.45) is 1.04. The lowest BCUT2D eigenvalue weighted by atomic mass is 9.90. The molecule has 0 saturated carbocycles. The van der Waals surface area contributed by atoms with Crippen LogP contribution < -0.4 is 15.4 Å². The molecule has 1 aliphatic heterocycles. The van der Waals surface area contributed by atoms with Gasteiger partial charge in [0.15, 0.2) is 0 Å². The van der Waals surface area contributed by atoms with Gasteiger partial charge in [-0.2, -0.15) is 0 Å². The molecule has 2 aromatic carbocycles. The van der Waals surface area contributed by atoms with E-state index < -0.39 is 0 Å². The van der Waals surface area contributed by atoms with Gasteiger partial charge in [0, 0.05) is 31.0 Å². The van der Waals surface area contributed by atoms with Crippen molar-refractivity contribution in [3.8, 4) is 5.75 Å². The van der Waals surface area contributed by atoms with E-state index in [9.17, 15) is 9.59 Å². The Bertz CT molecular complexity index is 773. The molecule has 0 aliphatic carbocycles. The molecule has 25 heavy (non-hydrogen) atoms. The molecule has 0 bridgehead atoms. The van der Waals surface area contributed by atoms with E-state index in [1.165, 1.54) is 0 Å². The minimum Gasteiger partial charge on any atom is -0.496 e. The zero-order valence-electron chi connectivity index (χ0n) is 14.2. The number of benzene rings is 2. The molecule has 130 valence electrons. The number of hydrogen-bond acceptors (Lipinski definition) is 3. The molecular weight excluding hydrogens is 316 g/mol. The number of carbonyl (C=O) groups excluding carboxylic acids is 2. The number of methoxy groups -OCH3 is 1. The van der Waals surface area contributed by atoms with Gasteiger partial charge in [-0.25, -0.2) is 0 Å². The van der Waals surface area contributed by atoms with Crippen LogP contribution in [0.2, 0.25) is 0 Å². The summed E-state index contributed by atoms with van der Waals surface area (Å²) in [4.78, 5) is 24.1. The first-order valence-corrected chi connectivity index (χ1v) is 8.44. The molecule has 1 aliphatic rings. The summed E-state index contributed by atoms with van der Waals surface area (Å²) in [6.45, 7) is 1.06. The molecule has 2 amide bonds. The normalized spacial score (nSPS) is 15.9. The Morgan fingerprint density at radius 1 is 1.20 bits per heavy atom. The number of hydrogen-bond donors (Lipinski definition) is 2. The summed E-state index contributed by atoms with van der Waals surface area (Å²) < 4.78 is 5.31. The number of rotatable bonds is 6. The van der Waals surface area contributed by atoms with E-state index in [4.69, 9.17) is 4.74 Å². The SMILES string of the molecule is COc1ccccc1CCC(=O)NCC1CNC(=O)c2ccccc21. The molecule has 2 aromatic rings. The van der Waals surface area contributed by atoms with E-state index in [1.54, 1.807) is 7.11 Å². The van der Waals surface area contributed by atoms with E-state index in [-0.39, 0.29) is 17.7 Å². The Balaban J connectivity index is 1.55. The maximum atomic E-state index is 12.2. The number of amides is 2. The van der Waals surface area contributed by atoms with Gasteiger partial charge in [-0.1, -0.05) is 36.4 Å². The summed E-state index contributed by atoms with van der Waals surface area (Å²) in [7, 11) is 1.63. The fourth-order valence-electron chi connectivity index (χ4n) is 3.15. The molecule has 0 radical (unpaired) electrons. The van der Waals surface area contributed by atoms with Crippen molar-refractivity contribution in [2.45, 2.75) is 18.8 Å². The highest BCUT2D eigenvalue weighted by Crippen LogP contribution is 2.23. The summed E-state index contributed by atoms with van der Waals surface area (Å²) >= 11 is 0. The number of aryl methyl sites for hydroxylation is 1. The number of para-hydroxylation sites is 1. The quantitative estimate of drug-likeness (QED) is 0.849. The Kier molecular flexibility index (Phi) is 5.33. The Labute approximate surface area is 147 Å². The van der Waals surface area contributed by atoms with Gasteiger partial charge in [0.25, 0.3) is 5.91 Å². The summed E-state index contributed by atoms with van der Waals surface area (Å²) in [5.74, 6) is 0.859. The first-order valence-electron chi connectivity index (χ1n) is 8.44. The van der Waals surface area contributed by atoms with Crippen molar-refractivity contribution < 1.29 is 14.3 Å². The third-order valence-corrected chi connectivity index (χ3v) is 4.51. The van der Waals surface area contributed by atoms with Gasteiger partial charge in [-0.3, -0.25) is 9.59 Å². The lowest BCUT2D eigenvalue weighted by molar-refractivity contribution is -0.121. The lowest BCUT2D eigenvalue weighted by Crippen LogP contribution is -2.40. The second kappa shape index (κ2) is 7.83. The van der Waals surface area contributed by atoms with Crippen LogP contribution in [0.25, 0.3) is 0 Å². The maximum absolute atomic E-state index is 12.2. The molecule has 1 heterocycles. The standard InChI is InChI=1S/C20H22N2O3/c1-25-18-9-5-2-6-14(18)10-11-19(23)21-12-15-13-22-20(24)17-8-4-3-7-16(15)17/h2-9,15H,10-13H2,1H3,(H,21,23)(H,22,24). The Morgan fingerprint density at radius 3 is 2.80 bits per heavy atom. The van der Waals surface area contributed by atoms with E-state index in [2.05, 4.69) is 10.6 Å². The summed E-state index contributed by atoms with van der Waals surface area (Å²) in [5.41, 5.74) is 2.72. The van der Waals surface area contributed by atoms with Crippen LogP contribution in [0, 0.1) is 0 Å². The highest BCUT2D eigenvalue weighted by Gasteiger charge is 2.24. The smallest absolute Gasteiger partial charge is 0.251 e. The molecule has 5 heteroatoms. The average Bonchev–Trinajstić information content (AvgIpc) is 2.66. The van der Waals surface area contributed by atoms with Crippen molar-refractivity contribution >= 4 is 11.8 Å². The third kappa shape index (κ3) is 3.99. The fourth-order valence-corrected chi connectivity index (χ4v) is 3.15. The zero-order chi connectivity index (χ0) is 17.6. The highest BCUT2D eigenvalue weighted by molar-refractivity contribution is 5.97. The first-order chi connectivity index (χ1) is 12.2. The van der Waals surface area contributed by atoms with E-state index in [0.29, 0.717) is 31.5 Å². The molecule has 1 atom stereocenters. The number of ether oxygens (including phenoxy) is 1. The molecule has 3 rings (SSSR count). The van der Waals surface area contributed by atoms with Crippen molar-refractivity contribution in [2.75, 3.05) is 20.2 Å². The number of nitrogens with one attached hydrogen (secondary N) is 2. The van der Waals surface area contributed by atoms with E-state index >= 15 is 0 Å². The largest absolute Gasteiger partial charge is 0.496 e. The molecular formula is C20H22N2O3. The van der Waals surface area contributed by atoms with Gasteiger partial charge in [0.05, 0.1) is 7.11 Å². The number of fused-ring (bicyclic) bond motifs is 1. The van der Waals surface area contributed by atoms with Crippen LogP contribution in [0.1, 0.15) is 33.8 Å². The van der Waals surface area contributed by atoms with Crippen LogP contribution in [0.3, 0.4) is 0 Å². The van der Waals surface area contributed by atoms with Crippen molar-refractivity contribution in [2.24, 2.45) is 0 Å². The zero-order valence-corrected chi connectivity index (χ0v) is 14.2. The number of carbonyl (C=O) groups is 2. The fraction of sp³-hybridized carbons (Fsp3) is 0.300. The minimum absolute atomic E-state index is 0.000266. The van der Waals surface area contributed by atoms with Gasteiger partial charge in [-0.05, 0) is 29.7 Å². The van der Waals surface area contributed by atoms with Gasteiger partial charge < -0.3 is 15.4 Å². The topological polar surface area (TPSA) is 67.4 Å². The van der Waals surface area contributed by atoms with Crippen LogP contribution >= 0.6 is 0 Å². The summed E-state index contributed by atoms with van der Waals surface area (Å²) in [6, 6.07) is 15.3. The van der Waals surface area contributed by atoms with Crippen molar-refractivity contribution in [3.05, 3.63) is 65.2 Å². The maximum Gasteiger partial charge on any atom is 0.251 e. The van der Waals surface area contributed by atoms with Crippen LogP contribution in [-0.4, -0.2) is 32.0 Å². The molecule has 2 N–H and O–H groups in total. The molecule has 0 saturated heterocycles.